The monoisotopic (exact) mass is 597 g/mol. The van der Waals surface area contributed by atoms with Gasteiger partial charge in [-0.2, -0.15) is 0 Å². The normalized spacial score (nSPS) is 13.1. The van der Waals surface area contributed by atoms with E-state index in [1.165, 1.54) is 16.7 Å². The standard InChI is InChI=1S/C32H37F2N3O4S/c1-4-28(31(40)35-19-23-14-10-9-11-21(23)3)37(20-42-5-2)32(41)29(38)27(15-22-12-7-6-8-13-22)36-30(39)24-16-25(33)18-26(34)17-24/h6-14,16-18,27-29,38H,4-5,15,19-20H2,1-3H3,(H,35,40)(H,36,39)/t27-,28-,29-/m0/s1. The first-order chi connectivity index (χ1) is 20.1. The molecule has 7 nitrogen and oxygen atoms in total. The van der Waals surface area contributed by atoms with Crippen molar-refractivity contribution in [3.8, 4) is 0 Å². The van der Waals surface area contributed by atoms with E-state index >= 15 is 0 Å². The lowest BCUT2D eigenvalue weighted by Crippen LogP contribution is -2.57. The van der Waals surface area contributed by atoms with Crippen molar-refractivity contribution in [3.63, 3.8) is 0 Å². The van der Waals surface area contributed by atoms with E-state index < -0.39 is 41.6 Å². The molecule has 0 aliphatic rings. The SMILES string of the molecule is CCSCN(C(=O)[C@@H](O)[C@H](Cc1ccccc1)NC(=O)c1cc(F)cc(F)c1)[C@@H](CC)C(=O)NCc1ccccc1C. The van der Waals surface area contributed by atoms with Crippen LogP contribution in [0.15, 0.2) is 72.8 Å². The largest absolute Gasteiger partial charge is 0.381 e. The first-order valence-electron chi connectivity index (χ1n) is 13.8. The van der Waals surface area contributed by atoms with Crippen LogP contribution in [0.25, 0.3) is 0 Å². The summed E-state index contributed by atoms with van der Waals surface area (Å²) >= 11 is 1.41. The number of hydrogen-bond acceptors (Lipinski definition) is 5. The van der Waals surface area contributed by atoms with E-state index in [-0.39, 0.29) is 30.3 Å². The number of carbonyl (C=O) groups excluding carboxylic acids is 3. The number of halogens is 2. The lowest BCUT2D eigenvalue weighted by atomic mass is 9.99. The van der Waals surface area contributed by atoms with Crippen molar-refractivity contribution in [2.45, 2.75) is 58.3 Å². The topological polar surface area (TPSA) is 98.7 Å². The summed E-state index contributed by atoms with van der Waals surface area (Å²) in [4.78, 5) is 41.5. The predicted octanol–water partition coefficient (Wildman–Crippen LogP) is 4.61. The summed E-state index contributed by atoms with van der Waals surface area (Å²) in [5.74, 6) is -3.00. The molecule has 0 spiro atoms. The number of nitrogens with zero attached hydrogens (tertiary/aromatic N) is 1. The zero-order valence-electron chi connectivity index (χ0n) is 24.0. The molecular formula is C32H37F2N3O4S. The Kier molecular flexibility index (Phi) is 12.5. The maximum Gasteiger partial charge on any atom is 0.254 e. The van der Waals surface area contributed by atoms with Gasteiger partial charge in [-0.25, -0.2) is 8.78 Å². The number of benzene rings is 3. The third kappa shape index (κ3) is 9.12. The molecule has 3 aromatic rings. The molecular weight excluding hydrogens is 560 g/mol. The summed E-state index contributed by atoms with van der Waals surface area (Å²) in [5.41, 5.74) is 2.40. The van der Waals surface area contributed by atoms with Gasteiger partial charge in [0.2, 0.25) is 5.91 Å². The van der Waals surface area contributed by atoms with Crippen molar-refractivity contribution in [2.24, 2.45) is 0 Å². The minimum Gasteiger partial charge on any atom is -0.381 e. The van der Waals surface area contributed by atoms with Crippen LogP contribution in [0.5, 0.6) is 0 Å². The zero-order valence-corrected chi connectivity index (χ0v) is 24.8. The van der Waals surface area contributed by atoms with Crippen LogP contribution in [-0.2, 0) is 22.6 Å². The third-order valence-corrected chi connectivity index (χ3v) is 7.74. The predicted molar refractivity (Wildman–Crippen MR) is 161 cm³/mol. The van der Waals surface area contributed by atoms with E-state index in [9.17, 15) is 28.3 Å². The van der Waals surface area contributed by atoms with E-state index in [2.05, 4.69) is 10.6 Å². The number of aryl methyl sites for hydroxylation is 1. The summed E-state index contributed by atoms with van der Waals surface area (Å²) in [5, 5.41) is 16.9. The minimum atomic E-state index is -1.75. The molecule has 0 unspecified atom stereocenters. The Labute approximate surface area is 249 Å². The van der Waals surface area contributed by atoms with Crippen LogP contribution >= 0.6 is 11.8 Å². The van der Waals surface area contributed by atoms with Crippen molar-refractivity contribution in [1.82, 2.24) is 15.5 Å². The minimum absolute atomic E-state index is 0.0579. The fourth-order valence-corrected chi connectivity index (χ4v) is 5.23. The molecule has 3 N–H and O–H groups in total. The van der Waals surface area contributed by atoms with E-state index in [4.69, 9.17) is 0 Å². The second-order valence-corrected chi connectivity index (χ2v) is 11.1. The maximum absolute atomic E-state index is 13.9. The highest BCUT2D eigenvalue weighted by Crippen LogP contribution is 2.18. The van der Waals surface area contributed by atoms with E-state index in [0.717, 1.165) is 28.8 Å². The first-order valence-corrected chi connectivity index (χ1v) is 15.0. The second-order valence-electron chi connectivity index (χ2n) is 9.87. The molecule has 0 saturated carbocycles. The van der Waals surface area contributed by atoms with Crippen LogP contribution < -0.4 is 10.6 Å². The Hall–Kier alpha value is -3.76. The lowest BCUT2D eigenvalue weighted by molar-refractivity contribution is -0.147. The highest BCUT2D eigenvalue weighted by atomic mass is 32.2. The van der Waals surface area contributed by atoms with Gasteiger partial charge >= 0.3 is 0 Å². The van der Waals surface area contributed by atoms with Crippen LogP contribution in [0.1, 0.15) is 47.3 Å². The van der Waals surface area contributed by atoms with Crippen molar-refractivity contribution in [2.75, 3.05) is 11.6 Å². The Morgan fingerprint density at radius 2 is 1.60 bits per heavy atom. The van der Waals surface area contributed by atoms with Crippen molar-refractivity contribution < 1.29 is 28.3 Å². The van der Waals surface area contributed by atoms with Crippen molar-refractivity contribution in [3.05, 3.63) is 107 Å². The first kappa shape index (κ1) is 32.8. The maximum atomic E-state index is 13.9. The quantitative estimate of drug-likeness (QED) is 0.236. The number of aliphatic hydroxyl groups excluding tert-OH is 1. The summed E-state index contributed by atoms with van der Waals surface area (Å²) in [6, 6.07) is 16.9. The molecule has 0 bridgehead atoms. The third-order valence-electron chi connectivity index (χ3n) is 6.87. The van der Waals surface area contributed by atoms with Crippen LogP contribution in [0, 0.1) is 18.6 Å². The molecule has 3 rings (SSSR count). The molecule has 3 atom stereocenters. The molecule has 42 heavy (non-hydrogen) atoms. The van der Waals surface area contributed by atoms with Gasteiger partial charge in [-0.3, -0.25) is 14.4 Å². The summed E-state index contributed by atoms with van der Waals surface area (Å²) in [6.07, 6.45) is -1.40. The molecule has 0 aromatic heterocycles. The fourth-order valence-electron chi connectivity index (χ4n) is 4.54. The molecule has 0 saturated heterocycles. The van der Waals surface area contributed by atoms with E-state index in [1.807, 2.05) is 38.1 Å². The van der Waals surface area contributed by atoms with Gasteiger partial charge in [0.05, 0.1) is 11.9 Å². The number of thioether (sulfide) groups is 1. The Balaban J connectivity index is 1.86. The summed E-state index contributed by atoms with van der Waals surface area (Å²) < 4.78 is 27.6. The number of rotatable bonds is 14. The Morgan fingerprint density at radius 1 is 0.952 bits per heavy atom. The van der Waals surface area contributed by atoms with Crippen LogP contribution in [-0.4, -0.2) is 57.5 Å². The van der Waals surface area contributed by atoms with Gasteiger partial charge in [-0.15, -0.1) is 11.8 Å². The molecule has 0 fully saturated rings. The van der Waals surface area contributed by atoms with Gasteiger partial charge in [-0.05, 0) is 54.3 Å². The average molecular weight is 598 g/mol. The number of aliphatic hydroxyl groups is 1. The number of hydrogen-bond donors (Lipinski definition) is 3. The second kappa shape index (κ2) is 16.0. The molecule has 0 aliphatic carbocycles. The molecule has 3 amide bonds. The fraction of sp³-hybridized carbons (Fsp3) is 0.344. The zero-order chi connectivity index (χ0) is 30.6. The van der Waals surface area contributed by atoms with Crippen molar-refractivity contribution in [1.29, 1.82) is 0 Å². The Bertz CT molecular complexity index is 1340. The lowest BCUT2D eigenvalue weighted by Gasteiger charge is -2.34. The van der Waals surface area contributed by atoms with Gasteiger partial charge < -0.3 is 20.6 Å². The molecule has 0 heterocycles. The molecule has 224 valence electrons. The van der Waals surface area contributed by atoms with Crippen molar-refractivity contribution >= 4 is 29.5 Å². The average Bonchev–Trinajstić information content (AvgIpc) is 2.97. The highest BCUT2D eigenvalue weighted by Gasteiger charge is 2.36. The molecule has 0 radical (unpaired) electrons. The Morgan fingerprint density at radius 3 is 2.21 bits per heavy atom. The molecule has 0 aliphatic heterocycles. The smallest absolute Gasteiger partial charge is 0.254 e. The summed E-state index contributed by atoms with van der Waals surface area (Å²) in [7, 11) is 0. The number of amides is 3. The van der Waals surface area contributed by atoms with Gasteiger partial charge in [0, 0.05) is 18.2 Å². The van der Waals surface area contributed by atoms with Gasteiger partial charge in [0.15, 0.2) is 6.10 Å². The summed E-state index contributed by atoms with van der Waals surface area (Å²) in [6.45, 7) is 5.93. The van der Waals surface area contributed by atoms with E-state index in [0.29, 0.717) is 18.2 Å². The van der Waals surface area contributed by atoms with E-state index in [1.54, 1.807) is 37.3 Å². The number of carbonyl (C=O) groups is 3. The van der Waals surface area contributed by atoms with Crippen LogP contribution in [0.2, 0.25) is 0 Å². The van der Waals surface area contributed by atoms with Gasteiger partial charge in [0.25, 0.3) is 11.8 Å². The molecule has 10 heteroatoms. The number of nitrogens with one attached hydrogen (secondary N) is 2. The van der Waals surface area contributed by atoms with Gasteiger partial charge in [-0.1, -0.05) is 68.4 Å². The van der Waals surface area contributed by atoms with Crippen LogP contribution in [0.4, 0.5) is 8.78 Å². The van der Waals surface area contributed by atoms with Gasteiger partial charge in [0.1, 0.15) is 17.7 Å². The highest BCUT2D eigenvalue weighted by molar-refractivity contribution is 7.99. The van der Waals surface area contributed by atoms with Crippen LogP contribution in [0.3, 0.4) is 0 Å². The molecule has 3 aromatic carbocycles.